The van der Waals surface area contributed by atoms with Crippen LogP contribution in [-0.2, 0) is 27.9 Å². The van der Waals surface area contributed by atoms with Gasteiger partial charge in [0.25, 0.3) is 0 Å². The molecule has 27 heavy (non-hydrogen) atoms. The Morgan fingerprint density at radius 1 is 1.26 bits per heavy atom. The van der Waals surface area contributed by atoms with E-state index < -0.39 is 16.8 Å². The second-order valence-electron chi connectivity index (χ2n) is 6.64. The van der Waals surface area contributed by atoms with Crippen LogP contribution in [0.15, 0.2) is 30.5 Å². The number of carbonyl (C=O) groups is 2. The lowest BCUT2D eigenvalue weighted by atomic mass is 10.0. The Bertz CT molecular complexity index is 845. The molecule has 0 aliphatic heterocycles. The first-order valence-corrected chi connectivity index (χ1v) is 10.3. The number of carbonyl (C=O) groups excluding carboxylic acids is 1. The molecule has 1 amide bonds. The Morgan fingerprint density at radius 3 is 2.74 bits per heavy atom. The predicted octanol–water partition coefficient (Wildman–Crippen LogP) is 2.20. The number of carboxylic acids is 1. The lowest BCUT2D eigenvalue weighted by molar-refractivity contribution is -0.116. The molecule has 2 aromatic rings. The summed E-state index contributed by atoms with van der Waals surface area (Å²) in [4.78, 5) is 22.9. The van der Waals surface area contributed by atoms with Gasteiger partial charge in [-0.3, -0.25) is 9.00 Å². The second kappa shape index (κ2) is 8.90. The van der Waals surface area contributed by atoms with Crippen molar-refractivity contribution >= 4 is 28.4 Å². The number of carboxylic acid groups (broad SMARTS) is 1. The van der Waals surface area contributed by atoms with Gasteiger partial charge in [-0.2, -0.15) is 0 Å². The molecule has 8 nitrogen and oxygen atoms in total. The van der Waals surface area contributed by atoms with Gasteiger partial charge in [0.1, 0.15) is 6.54 Å². The van der Waals surface area contributed by atoms with Gasteiger partial charge in [0, 0.05) is 27.5 Å². The maximum absolute atomic E-state index is 12.6. The number of benzene rings is 1. The zero-order valence-electron chi connectivity index (χ0n) is 14.8. The van der Waals surface area contributed by atoms with Gasteiger partial charge in [-0.15, -0.1) is 5.10 Å². The molecule has 1 fully saturated rings. The molecule has 1 atom stereocenters. The van der Waals surface area contributed by atoms with Crippen LogP contribution in [0, 0.1) is 0 Å². The number of hydrogen-bond acceptors (Lipinski definition) is 5. The number of nitrogens with one attached hydrogen (secondary N) is 1. The van der Waals surface area contributed by atoms with E-state index in [1.165, 1.54) is 17.3 Å². The topological polar surface area (TPSA) is 114 Å². The summed E-state index contributed by atoms with van der Waals surface area (Å²) in [5, 5.41) is 18.9. The molecular weight excluding hydrogens is 368 g/mol. The van der Waals surface area contributed by atoms with E-state index in [1.807, 2.05) is 18.2 Å². The number of rotatable bonds is 7. The van der Waals surface area contributed by atoms with Gasteiger partial charge in [0.05, 0.1) is 6.20 Å². The molecule has 1 aliphatic rings. The Morgan fingerprint density at radius 2 is 2.04 bits per heavy atom. The van der Waals surface area contributed by atoms with E-state index in [0.29, 0.717) is 11.4 Å². The highest BCUT2D eigenvalue weighted by Crippen LogP contribution is 2.24. The zero-order chi connectivity index (χ0) is 19.2. The van der Waals surface area contributed by atoms with E-state index in [4.69, 9.17) is 5.11 Å². The minimum Gasteiger partial charge on any atom is -0.476 e. The predicted molar refractivity (Wildman–Crippen MR) is 101 cm³/mol. The smallest absolute Gasteiger partial charge is 0.358 e. The van der Waals surface area contributed by atoms with Crippen LogP contribution < -0.4 is 5.32 Å². The minimum atomic E-state index is -1.19. The number of nitrogens with zero attached hydrogens (tertiary/aromatic N) is 3. The first kappa shape index (κ1) is 19.2. The SMILES string of the molecule is O=C(Cn1cc(C(=O)O)nn1)Nc1cccc(CS(=O)C2CCCCC2)c1. The summed E-state index contributed by atoms with van der Waals surface area (Å²) >= 11 is 0. The van der Waals surface area contributed by atoms with E-state index in [-0.39, 0.29) is 23.4 Å². The molecule has 3 rings (SSSR count). The van der Waals surface area contributed by atoms with Gasteiger partial charge in [0.15, 0.2) is 5.69 Å². The molecule has 0 spiro atoms. The standard InChI is InChI=1S/C18H22N4O4S/c23-17(11-22-10-16(18(24)25)20-21-22)19-14-6-4-5-13(9-14)12-27(26)15-7-2-1-3-8-15/h4-6,9-10,15H,1-3,7-8,11-12H2,(H,19,23)(H,24,25). The van der Waals surface area contributed by atoms with Gasteiger partial charge in [-0.25, -0.2) is 9.48 Å². The third-order valence-corrected chi connectivity index (χ3v) is 6.34. The van der Waals surface area contributed by atoms with Crippen LogP contribution in [0.1, 0.15) is 48.2 Å². The van der Waals surface area contributed by atoms with Gasteiger partial charge in [0.2, 0.25) is 5.91 Å². The molecule has 1 aromatic heterocycles. The van der Waals surface area contributed by atoms with Crippen LogP contribution in [0.5, 0.6) is 0 Å². The third-order valence-electron chi connectivity index (χ3n) is 4.51. The number of hydrogen-bond donors (Lipinski definition) is 2. The van der Waals surface area contributed by atoms with E-state index in [0.717, 1.165) is 31.2 Å². The molecule has 1 aliphatic carbocycles. The van der Waals surface area contributed by atoms with Crippen molar-refractivity contribution in [2.75, 3.05) is 5.32 Å². The largest absolute Gasteiger partial charge is 0.476 e. The maximum Gasteiger partial charge on any atom is 0.358 e. The molecule has 1 saturated carbocycles. The van der Waals surface area contributed by atoms with Crippen LogP contribution in [-0.4, -0.2) is 41.4 Å². The summed E-state index contributed by atoms with van der Waals surface area (Å²) in [6.07, 6.45) is 6.79. The first-order valence-electron chi connectivity index (χ1n) is 8.90. The van der Waals surface area contributed by atoms with Crippen LogP contribution in [0.25, 0.3) is 0 Å². The molecular formula is C18H22N4O4S. The van der Waals surface area contributed by atoms with Gasteiger partial charge < -0.3 is 10.4 Å². The Balaban J connectivity index is 1.56. The molecule has 0 radical (unpaired) electrons. The van der Waals surface area contributed by atoms with Crippen molar-refractivity contribution in [3.05, 3.63) is 41.7 Å². The summed E-state index contributed by atoms with van der Waals surface area (Å²) in [6.45, 7) is -0.140. The summed E-state index contributed by atoms with van der Waals surface area (Å²) < 4.78 is 13.7. The average Bonchev–Trinajstić information content (AvgIpc) is 3.11. The fraction of sp³-hybridized carbons (Fsp3) is 0.444. The summed E-state index contributed by atoms with van der Waals surface area (Å²) in [6, 6.07) is 7.31. The molecule has 144 valence electrons. The minimum absolute atomic E-state index is 0.140. The van der Waals surface area contributed by atoms with E-state index >= 15 is 0 Å². The van der Waals surface area contributed by atoms with Crippen LogP contribution in [0.4, 0.5) is 5.69 Å². The molecule has 1 heterocycles. The van der Waals surface area contributed by atoms with E-state index in [2.05, 4.69) is 15.6 Å². The van der Waals surface area contributed by atoms with Crippen molar-refractivity contribution in [1.29, 1.82) is 0 Å². The van der Waals surface area contributed by atoms with Crippen molar-refractivity contribution in [3.8, 4) is 0 Å². The number of aromatic nitrogens is 3. The Hall–Kier alpha value is -2.55. The zero-order valence-corrected chi connectivity index (χ0v) is 15.7. The monoisotopic (exact) mass is 390 g/mol. The molecule has 1 aromatic carbocycles. The third kappa shape index (κ3) is 5.46. The average molecular weight is 390 g/mol. The highest BCUT2D eigenvalue weighted by atomic mass is 32.2. The van der Waals surface area contributed by atoms with Crippen molar-refractivity contribution in [1.82, 2.24) is 15.0 Å². The number of aromatic carboxylic acids is 1. The van der Waals surface area contributed by atoms with Crippen molar-refractivity contribution < 1.29 is 18.9 Å². The maximum atomic E-state index is 12.6. The lowest BCUT2D eigenvalue weighted by Gasteiger charge is -2.21. The summed E-state index contributed by atoms with van der Waals surface area (Å²) in [5.74, 6) is -1.05. The summed E-state index contributed by atoms with van der Waals surface area (Å²) in [7, 11) is -0.902. The first-order chi connectivity index (χ1) is 13.0. The molecule has 9 heteroatoms. The number of anilines is 1. The van der Waals surface area contributed by atoms with Gasteiger partial charge in [-0.1, -0.05) is 36.6 Å². The van der Waals surface area contributed by atoms with E-state index in [1.54, 1.807) is 6.07 Å². The van der Waals surface area contributed by atoms with E-state index in [9.17, 15) is 13.8 Å². The second-order valence-corrected chi connectivity index (χ2v) is 8.36. The van der Waals surface area contributed by atoms with Crippen LogP contribution in [0.2, 0.25) is 0 Å². The van der Waals surface area contributed by atoms with Gasteiger partial charge in [-0.05, 0) is 30.5 Å². The van der Waals surface area contributed by atoms with Crippen LogP contribution in [0.3, 0.4) is 0 Å². The molecule has 0 bridgehead atoms. The van der Waals surface area contributed by atoms with Crippen molar-refractivity contribution in [3.63, 3.8) is 0 Å². The van der Waals surface area contributed by atoms with Crippen LogP contribution >= 0.6 is 0 Å². The fourth-order valence-corrected chi connectivity index (χ4v) is 4.77. The Kier molecular flexibility index (Phi) is 6.33. The fourth-order valence-electron chi connectivity index (χ4n) is 3.17. The van der Waals surface area contributed by atoms with Crippen molar-refractivity contribution in [2.45, 2.75) is 49.7 Å². The van der Waals surface area contributed by atoms with Gasteiger partial charge >= 0.3 is 5.97 Å². The van der Waals surface area contributed by atoms with Crippen molar-refractivity contribution in [2.24, 2.45) is 0 Å². The summed E-state index contributed by atoms with van der Waals surface area (Å²) in [5.41, 5.74) is 1.32. The molecule has 2 N–H and O–H groups in total. The number of amides is 1. The molecule has 1 unspecified atom stereocenters. The lowest BCUT2D eigenvalue weighted by Crippen LogP contribution is -2.20. The molecule has 0 saturated heterocycles. The normalized spacial score (nSPS) is 16.0. The Labute approximate surface area is 159 Å². The highest BCUT2D eigenvalue weighted by molar-refractivity contribution is 7.84. The quantitative estimate of drug-likeness (QED) is 0.749. The highest BCUT2D eigenvalue weighted by Gasteiger charge is 2.20.